The number of nitro groups is 2. The van der Waals surface area contributed by atoms with Gasteiger partial charge in [0.25, 0.3) is 0 Å². The molecule has 0 aliphatic carbocycles. The molecule has 0 atom stereocenters. The van der Waals surface area contributed by atoms with Crippen LogP contribution in [0.2, 0.25) is 0 Å². The van der Waals surface area contributed by atoms with Crippen molar-refractivity contribution >= 4 is 21.8 Å². The van der Waals surface area contributed by atoms with Crippen LogP contribution < -0.4 is 8.37 Å². The van der Waals surface area contributed by atoms with E-state index in [1.165, 1.54) is 0 Å². The van der Waals surface area contributed by atoms with E-state index in [0.29, 0.717) is 0 Å². The van der Waals surface area contributed by atoms with Crippen molar-refractivity contribution in [1.29, 1.82) is 0 Å². The summed E-state index contributed by atoms with van der Waals surface area (Å²) in [6.45, 7) is 0. The predicted molar refractivity (Wildman–Crippen MR) is 49.9 cm³/mol. The van der Waals surface area contributed by atoms with E-state index < -0.39 is 43.1 Å². The molecule has 10 nitrogen and oxygen atoms in total. The summed E-state index contributed by atoms with van der Waals surface area (Å²) < 4.78 is 30.3. The van der Waals surface area contributed by atoms with Gasteiger partial charge in [-0.2, -0.15) is 0 Å². The summed E-state index contributed by atoms with van der Waals surface area (Å²) in [5.41, 5.74) is -1.72. The smallest absolute Gasteiger partial charge is 0.345 e. The summed E-state index contributed by atoms with van der Waals surface area (Å²) in [5.74, 6) is -1.58. The molecule has 1 aliphatic heterocycles. The third kappa shape index (κ3) is 1.71. The predicted octanol–water partition coefficient (Wildman–Crippen LogP) is 0.519. The molecule has 1 aliphatic rings. The van der Waals surface area contributed by atoms with Gasteiger partial charge in [0.1, 0.15) is 0 Å². The maximum absolute atomic E-state index is 11.0. The van der Waals surface area contributed by atoms with E-state index in [2.05, 4.69) is 8.37 Å². The lowest BCUT2D eigenvalue weighted by Gasteiger charge is -2.14. The fourth-order valence-electron chi connectivity index (χ4n) is 1.24. The zero-order valence-corrected chi connectivity index (χ0v) is 8.54. The lowest BCUT2D eigenvalue weighted by atomic mass is 10.2. The van der Waals surface area contributed by atoms with Gasteiger partial charge in [-0.1, -0.05) is 0 Å². The normalized spacial score (nSPS) is 15.5. The van der Waals surface area contributed by atoms with Crippen LogP contribution in [0.25, 0.3) is 0 Å². The van der Waals surface area contributed by atoms with Crippen LogP contribution in [0, 0.1) is 20.2 Å². The molecule has 0 fully saturated rings. The Kier molecular flexibility index (Phi) is 2.13. The second-order valence-corrected chi connectivity index (χ2v) is 4.00. The monoisotopic (exact) mass is 262 g/mol. The van der Waals surface area contributed by atoms with Crippen LogP contribution in [0.3, 0.4) is 0 Å². The van der Waals surface area contributed by atoms with E-state index in [1.807, 2.05) is 0 Å². The Bertz CT molecular complexity index is 636. The van der Waals surface area contributed by atoms with E-state index >= 15 is 0 Å². The lowest BCUT2D eigenvalue weighted by molar-refractivity contribution is -0.396. The summed E-state index contributed by atoms with van der Waals surface area (Å²) in [6.07, 6.45) is 0. The molecule has 0 unspecified atom stereocenters. The Morgan fingerprint density at radius 2 is 1.71 bits per heavy atom. The van der Waals surface area contributed by atoms with Gasteiger partial charge in [-0.15, -0.1) is 8.42 Å². The minimum absolute atomic E-state index is 0.623. The maximum atomic E-state index is 11.0. The van der Waals surface area contributed by atoms with Gasteiger partial charge in [-0.3, -0.25) is 20.2 Å². The van der Waals surface area contributed by atoms with Gasteiger partial charge in [0.05, 0.1) is 9.85 Å². The average Bonchev–Trinajstić information content (AvgIpc) is 2.13. The molecule has 0 saturated heterocycles. The number of hydrogen-bond acceptors (Lipinski definition) is 8. The summed E-state index contributed by atoms with van der Waals surface area (Å²) in [6, 6.07) is 1.67. The molecular formula is C6H2N2O8S. The first-order valence-corrected chi connectivity index (χ1v) is 5.25. The maximum Gasteiger partial charge on any atom is 0.501 e. The van der Waals surface area contributed by atoms with Crippen molar-refractivity contribution in [2.24, 2.45) is 0 Å². The summed E-state index contributed by atoms with van der Waals surface area (Å²) in [4.78, 5) is 19.2. The van der Waals surface area contributed by atoms with Crippen LogP contribution in [-0.4, -0.2) is 18.3 Å². The molecule has 17 heavy (non-hydrogen) atoms. The highest BCUT2D eigenvalue weighted by Crippen LogP contribution is 2.47. The molecule has 0 N–H and O–H groups in total. The van der Waals surface area contributed by atoms with Crippen molar-refractivity contribution in [3.63, 3.8) is 0 Å². The number of benzene rings is 1. The average molecular weight is 262 g/mol. The van der Waals surface area contributed by atoms with Crippen LogP contribution in [0.4, 0.5) is 11.4 Å². The van der Waals surface area contributed by atoms with Crippen LogP contribution in [0.5, 0.6) is 11.5 Å². The highest BCUT2D eigenvalue weighted by atomic mass is 32.3. The van der Waals surface area contributed by atoms with Crippen molar-refractivity contribution in [2.45, 2.75) is 0 Å². The summed E-state index contributed by atoms with van der Waals surface area (Å²) in [5, 5.41) is 21.2. The zero-order valence-electron chi connectivity index (χ0n) is 7.72. The molecule has 0 spiro atoms. The molecule has 0 radical (unpaired) electrons. The van der Waals surface area contributed by atoms with Crippen LogP contribution in [0.1, 0.15) is 0 Å². The van der Waals surface area contributed by atoms with Crippen molar-refractivity contribution in [2.75, 3.05) is 0 Å². The number of hydrogen-bond donors (Lipinski definition) is 0. The minimum atomic E-state index is -4.55. The third-order valence-corrected chi connectivity index (χ3v) is 2.58. The van der Waals surface area contributed by atoms with Crippen LogP contribution in [0.15, 0.2) is 12.1 Å². The van der Waals surface area contributed by atoms with Crippen LogP contribution in [-0.2, 0) is 10.4 Å². The molecule has 0 saturated carbocycles. The second-order valence-electron chi connectivity index (χ2n) is 2.85. The molecule has 90 valence electrons. The molecule has 2 bridgehead atoms. The first-order valence-electron chi connectivity index (χ1n) is 3.91. The second kappa shape index (κ2) is 3.28. The van der Waals surface area contributed by atoms with Crippen molar-refractivity contribution in [1.82, 2.24) is 0 Å². The molecule has 1 aromatic rings. The molecule has 0 amide bonds. The standard InChI is InChI=1S/C6H2N2O8S/c9-7(10)3-1-2-4-5(8(11)12)6(3)16-17(13,14)15-4/h1-2H. The molecular weight excluding hydrogens is 260 g/mol. The number of fused-ring (bicyclic) bond motifs is 2. The number of nitro benzene ring substituents is 2. The van der Waals surface area contributed by atoms with Crippen molar-refractivity contribution in [3.8, 4) is 11.5 Å². The van der Waals surface area contributed by atoms with E-state index in [9.17, 15) is 28.6 Å². The number of nitrogens with zero attached hydrogens (tertiary/aromatic N) is 2. The number of rotatable bonds is 2. The van der Waals surface area contributed by atoms with E-state index in [1.54, 1.807) is 0 Å². The van der Waals surface area contributed by atoms with Crippen molar-refractivity contribution < 1.29 is 26.6 Å². The molecule has 11 heteroatoms. The summed E-state index contributed by atoms with van der Waals surface area (Å²) in [7, 11) is -4.55. The minimum Gasteiger partial charge on any atom is -0.345 e. The fraction of sp³-hybridized carbons (Fsp3) is 0. The van der Waals surface area contributed by atoms with Gasteiger partial charge in [0.15, 0.2) is 0 Å². The van der Waals surface area contributed by atoms with Crippen LogP contribution >= 0.6 is 0 Å². The Labute approximate surface area is 93.0 Å². The topological polar surface area (TPSA) is 139 Å². The van der Waals surface area contributed by atoms with Gasteiger partial charge in [-0.05, 0) is 6.07 Å². The fourth-order valence-corrected chi connectivity index (χ4v) is 1.99. The lowest BCUT2D eigenvalue weighted by Crippen LogP contribution is -2.22. The van der Waals surface area contributed by atoms with Gasteiger partial charge < -0.3 is 8.37 Å². The first kappa shape index (κ1) is 11.1. The Morgan fingerprint density at radius 1 is 1.06 bits per heavy atom. The van der Waals surface area contributed by atoms with E-state index in [0.717, 1.165) is 12.1 Å². The highest BCUT2D eigenvalue weighted by Gasteiger charge is 2.41. The molecule has 1 aromatic carbocycles. The Balaban J connectivity index is 2.79. The van der Waals surface area contributed by atoms with Gasteiger partial charge in [-0.25, -0.2) is 0 Å². The summed E-state index contributed by atoms with van der Waals surface area (Å²) >= 11 is 0. The van der Waals surface area contributed by atoms with E-state index in [4.69, 9.17) is 0 Å². The van der Waals surface area contributed by atoms with Gasteiger partial charge >= 0.3 is 27.5 Å². The van der Waals surface area contributed by atoms with Gasteiger partial charge in [0.2, 0.25) is 5.75 Å². The van der Waals surface area contributed by atoms with E-state index in [-0.39, 0.29) is 0 Å². The molecule has 0 aromatic heterocycles. The largest absolute Gasteiger partial charge is 0.501 e. The molecule has 2 rings (SSSR count). The quantitative estimate of drug-likeness (QED) is 0.555. The first-order chi connectivity index (χ1) is 7.82. The Hall–Kier alpha value is -2.43. The zero-order chi connectivity index (χ0) is 12.8. The SMILES string of the molecule is O=[N+]([O-])c1ccc2c([N+](=O)[O-])c1OS(=O)(=O)O2. The Morgan fingerprint density at radius 3 is 2.24 bits per heavy atom. The molecule has 1 heterocycles. The van der Waals surface area contributed by atoms with Gasteiger partial charge in [0, 0.05) is 6.07 Å². The van der Waals surface area contributed by atoms with Crippen molar-refractivity contribution in [3.05, 3.63) is 32.4 Å². The third-order valence-electron chi connectivity index (χ3n) is 1.83. The highest BCUT2D eigenvalue weighted by molar-refractivity contribution is 7.82.